The number of aliphatic imine (C=N–C) groups is 1. The number of nitrogens with one attached hydrogen (secondary N) is 2. The maximum absolute atomic E-state index is 4.72. The fraction of sp³-hybridized carbons (Fsp3) is 0.474. The van der Waals surface area contributed by atoms with E-state index in [0.717, 1.165) is 42.8 Å². The van der Waals surface area contributed by atoms with Crippen LogP contribution in [0.1, 0.15) is 19.0 Å². The van der Waals surface area contributed by atoms with E-state index >= 15 is 0 Å². The number of anilines is 2. The minimum atomic E-state index is 0.403. The molecule has 2 N–H and O–H groups in total. The van der Waals surface area contributed by atoms with Gasteiger partial charge in [0.2, 0.25) is 0 Å². The summed E-state index contributed by atoms with van der Waals surface area (Å²) in [7, 11) is 4.02. The van der Waals surface area contributed by atoms with E-state index in [9.17, 15) is 0 Å². The van der Waals surface area contributed by atoms with Crippen LogP contribution in [0.3, 0.4) is 0 Å². The van der Waals surface area contributed by atoms with E-state index in [2.05, 4.69) is 63.2 Å². The predicted octanol–water partition coefficient (Wildman–Crippen LogP) is 2.54. The quantitative estimate of drug-likeness (QED) is 0.603. The number of aromatic nitrogens is 1. The van der Waals surface area contributed by atoms with E-state index in [4.69, 9.17) is 4.99 Å². The van der Waals surface area contributed by atoms with Gasteiger partial charge in [0.1, 0.15) is 0 Å². The molecule has 7 heteroatoms. The lowest BCUT2D eigenvalue weighted by molar-refractivity contribution is 0.649. The Bertz CT molecular complexity index is 712. The largest absolute Gasteiger partial charge is 0.369 e. The maximum atomic E-state index is 4.72. The number of hydrogen-bond acceptors (Lipinski definition) is 5. The molecular formula is C19H28N6S. The molecule has 1 aromatic carbocycles. The molecule has 0 saturated carbocycles. The topological polar surface area (TPSA) is 55.8 Å². The first-order chi connectivity index (χ1) is 12.7. The average molecular weight is 373 g/mol. The molecule has 2 heterocycles. The highest BCUT2D eigenvalue weighted by molar-refractivity contribution is 7.13. The van der Waals surface area contributed by atoms with E-state index in [1.807, 2.05) is 19.0 Å². The zero-order valence-corrected chi connectivity index (χ0v) is 16.6. The monoisotopic (exact) mass is 372 g/mol. The normalized spacial score (nSPS) is 17.4. The first-order valence-corrected chi connectivity index (χ1v) is 10.00. The van der Waals surface area contributed by atoms with Gasteiger partial charge in [-0.3, -0.25) is 0 Å². The Morgan fingerprint density at radius 1 is 1.35 bits per heavy atom. The van der Waals surface area contributed by atoms with Crippen LogP contribution >= 0.6 is 11.3 Å². The zero-order valence-electron chi connectivity index (χ0n) is 15.8. The van der Waals surface area contributed by atoms with Crippen LogP contribution in [-0.2, 0) is 6.54 Å². The third-order valence-corrected chi connectivity index (χ3v) is 5.37. The van der Waals surface area contributed by atoms with Gasteiger partial charge in [0.25, 0.3) is 0 Å². The molecule has 1 aromatic heterocycles. The predicted molar refractivity (Wildman–Crippen MR) is 111 cm³/mol. The van der Waals surface area contributed by atoms with Gasteiger partial charge in [-0.1, -0.05) is 18.2 Å². The van der Waals surface area contributed by atoms with Crippen LogP contribution in [0, 0.1) is 0 Å². The molecule has 1 aliphatic heterocycles. The Balaban J connectivity index is 1.57. The average Bonchev–Trinajstić information content (AvgIpc) is 3.30. The Hall–Kier alpha value is -2.28. The molecule has 1 atom stereocenters. The molecular weight excluding hydrogens is 344 g/mol. The fourth-order valence-electron chi connectivity index (χ4n) is 3.00. The van der Waals surface area contributed by atoms with Gasteiger partial charge in [-0.15, -0.1) is 11.3 Å². The minimum absolute atomic E-state index is 0.403. The van der Waals surface area contributed by atoms with Crippen molar-refractivity contribution in [2.24, 2.45) is 4.99 Å². The lowest BCUT2D eigenvalue weighted by atomic mass is 10.3. The molecule has 0 radical (unpaired) electrons. The zero-order chi connectivity index (χ0) is 18.4. The van der Waals surface area contributed by atoms with Gasteiger partial charge in [-0.2, -0.15) is 0 Å². The number of nitrogens with zero attached hydrogens (tertiary/aromatic N) is 4. The highest BCUT2D eigenvalue weighted by Gasteiger charge is 2.23. The number of benzene rings is 1. The summed E-state index contributed by atoms with van der Waals surface area (Å²) in [6.07, 6.45) is 1.11. The standard InChI is InChI=1S/C19H28N6S/c1-4-20-18(21-12-16-14-26-19(23-16)24(2)3)22-15-10-11-25(13-15)17-8-6-5-7-9-17/h5-9,14-15H,4,10-13H2,1-3H3,(H2,20,21,22). The van der Waals surface area contributed by atoms with Crippen molar-refractivity contribution in [3.63, 3.8) is 0 Å². The van der Waals surface area contributed by atoms with E-state index in [-0.39, 0.29) is 0 Å². The molecule has 3 rings (SSSR count). The van der Waals surface area contributed by atoms with E-state index < -0.39 is 0 Å². The summed E-state index contributed by atoms with van der Waals surface area (Å²) in [4.78, 5) is 13.8. The second-order valence-corrected chi connectivity index (χ2v) is 7.46. The van der Waals surface area contributed by atoms with Crippen molar-refractivity contribution in [1.29, 1.82) is 0 Å². The molecule has 1 fully saturated rings. The highest BCUT2D eigenvalue weighted by atomic mass is 32.1. The van der Waals surface area contributed by atoms with Crippen LogP contribution in [0.4, 0.5) is 10.8 Å². The summed E-state index contributed by atoms with van der Waals surface area (Å²) in [5.41, 5.74) is 2.30. The Morgan fingerprint density at radius 2 is 2.15 bits per heavy atom. The maximum Gasteiger partial charge on any atom is 0.191 e. The lowest BCUT2D eigenvalue weighted by Crippen LogP contribution is -2.44. The van der Waals surface area contributed by atoms with Gasteiger partial charge < -0.3 is 20.4 Å². The van der Waals surface area contributed by atoms with E-state index in [0.29, 0.717) is 12.6 Å². The van der Waals surface area contributed by atoms with Crippen molar-refractivity contribution >= 4 is 28.1 Å². The van der Waals surface area contributed by atoms with Crippen LogP contribution < -0.4 is 20.4 Å². The van der Waals surface area contributed by atoms with Crippen molar-refractivity contribution in [3.8, 4) is 0 Å². The van der Waals surface area contributed by atoms with Gasteiger partial charge in [0.05, 0.1) is 12.2 Å². The highest BCUT2D eigenvalue weighted by Crippen LogP contribution is 2.20. The summed E-state index contributed by atoms with van der Waals surface area (Å²) in [5, 5.41) is 10.0. The van der Waals surface area contributed by atoms with Crippen LogP contribution in [0.2, 0.25) is 0 Å². The first-order valence-electron chi connectivity index (χ1n) is 9.12. The van der Waals surface area contributed by atoms with Crippen molar-refractivity contribution in [1.82, 2.24) is 15.6 Å². The summed E-state index contributed by atoms with van der Waals surface area (Å²) < 4.78 is 0. The molecule has 0 aliphatic carbocycles. The number of thiazole rings is 1. The molecule has 1 saturated heterocycles. The van der Waals surface area contributed by atoms with E-state index in [1.54, 1.807) is 11.3 Å². The van der Waals surface area contributed by atoms with E-state index in [1.165, 1.54) is 5.69 Å². The molecule has 0 bridgehead atoms. The molecule has 6 nitrogen and oxygen atoms in total. The van der Waals surface area contributed by atoms with Gasteiger partial charge >= 0.3 is 0 Å². The Morgan fingerprint density at radius 3 is 2.85 bits per heavy atom. The summed E-state index contributed by atoms with van der Waals surface area (Å²) in [5.74, 6) is 0.867. The molecule has 0 amide bonds. The molecule has 1 aliphatic rings. The van der Waals surface area contributed by atoms with Crippen LogP contribution in [0.15, 0.2) is 40.7 Å². The third-order valence-electron chi connectivity index (χ3n) is 4.32. The third kappa shape index (κ3) is 4.88. The van der Waals surface area contributed by atoms with Gasteiger partial charge in [-0.25, -0.2) is 9.98 Å². The fourth-order valence-corrected chi connectivity index (χ4v) is 3.75. The van der Waals surface area contributed by atoms with Crippen LogP contribution in [0.5, 0.6) is 0 Å². The molecule has 26 heavy (non-hydrogen) atoms. The molecule has 2 aromatic rings. The summed E-state index contributed by atoms with van der Waals surface area (Å²) >= 11 is 1.65. The van der Waals surface area contributed by atoms with Gasteiger partial charge in [0.15, 0.2) is 11.1 Å². The van der Waals surface area contributed by atoms with Crippen molar-refractivity contribution in [3.05, 3.63) is 41.4 Å². The molecule has 1 unspecified atom stereocenters. The van der Waals surface area contributed by atoms with Crippen molar-refractivity contribution in [2.75, 3.05) is 43.5 Å². The SMILES string of the molecule is CCNC(=NCc1csc(N(C)C)n1)NC1CCN(c2ccccc2)C1. The first kappa shape index (κ1) is 18.5. The van der Waals surface area contributed by atoms with Gasteiger partial charge in [-0.05, 0) is 25.5 Å². The van der Waals surface area contributed by atoms with Gasteiger partial charge in [0, 0.05) is 50.8 Å². The number of para-hydroxylation sites is 1. The summed E-state index contributed by atoms with van der Waals surface area (Å²) in [6, 6.07) is 11.0. The van der Waals surface area contributed by atoms with Crippen LogP contribution in [-0.4, -0.2) is 50.7 Å². The molecule has 140 valence electrons. The second kappa shape index (κ2) is 8.89. The van der Waals surface area contributed by atoms with Crippen molar-refractivity contribution in [2.45, 2.75) is 25.9 Å². The number of rotatable bonds is 6. The number of hydrogen-bond donors (Lipinski definition) is 2. The molecule has 0 spiro atoms. The smallest absolute Gasteiger partial charge is 0.191 e. The van der Waals surface area contributed by atoms with Crippen molar-refractivity contribution < 1.29 is 0 Å². The Kier molecular flexibility index (Phi) is 6.33. The second-order valence-electron chi connectivity index (χ2n) is 6.62. The van der Waals surface area contributed by atoms with Crippen LogP contribution in [0.25, 0.3) is 0 Å². The minimum Gasteiger partial charge on any atom is -0.369 e. The summed E-state index contributed by atoms with van der Waals surface area (Å²) in [6.45, 7) is 5.60. The number of guanidine groups is 1. The lowest BCUT2D eigenvalue weighted by Gasteiger charge is -2.20. The Labute approximate surface area is 160 Å².